The minimum atomic E-state index is -1.17. The minimum absolute atomic E-state index is 0.000496. The van der Waals surface area contributed by atoms with Gasteiger partial charge in [-0.15, -0.1) is 0 Å². The number of aromatic nitrogens is 3. The highest BCUT2D eigenvalue weighted by Gasteiger charge is 2.43. The van der Waals surface area contributed by atoms with Gasteiger partial charge in [0.2, 0.25) is 5.91 Å². The van der Waals surface area contributed by atoms with Crippen LogP contribution in [0.15, 0.2) is 42.5 Å². The van der Waals surface area contributed by atoms with Crippen LogP contribution in [0.2, 0.25) is 0 Å². The summed E-state index contributed by atoms with van der Waals surface area (Å²) < 4.78 is 47.0. The summed E-state index contributed by atoms with van der Waals surface area (Å²) in [7, 11) is 0. The maximum atomic E-state index is 15.4. The van der Waals surface area contributed by atoms with Gasteiger partial charge in [0, 0.05) is 61.0 Å². The van der Waals surface area contributed by atoms with Crippen molar-refractivity contribution in [3.05, 3.63) is 53.8 Å². The van der Waals surface area contributed by atoms with Gasteiger partial charge in [-0.1, -0.05) is 45.9 Å². The molecule has 0 saturated carbocycles. The molecule has 270 valence electrons. The lowest BCUT2D eigenvalue weighted by Gasteiger charge is -2.37. The van der Waals surface area contributed by atoms with Gasteiger partial charge in [-0.05, 0) is 55.4 Å². The van der Waals surface area contributed by atoms with Crippen LogP contribution in [-0.4, -0.2) is 91.7 Å². The second-order valence-electron chi connectivity index (χ2n) is 14.6. The number of aromatic amines is 1. The molecule has 0 spiro atoms. The standard InChI is InChI=1S/C38H50F3N7O2/c1-5-9-33(49)36(34(43)21(3)4)46-18-24(41)15-26(46)20-48-32-13-12-22(39)16-31(32)45-37(48)35-28(27-10-7-8-11-30(27)44-35)17-25-14-23(40)19-47(25)38(50)29(42)6-2/h7-8,10-13,16,21,23-26,29,34,36,44H,5-6,9,14-15,17-20,42-43H2,1-4H3/t23-,24-,25-,26-,29-,34?,36?/m0/s1. The minimum Gasteiger partial charge on any atom is -0.352 e. The normalized spacial score (nSPS) is 23.4. The molecule has 4 heterocycles. The van der Waals surface area contributed by atoms with E-state index in [0.717, 1.165) is 16.5 Å². The molecule has 2 aliphatic rings. The Kier molecular flexibility index (Phi) is 10.7. The number of fused-ring (bicyclic) bond motifs is 2. The zero-order chi connectivity index (χ0) is 35.9. The monoisotopic (exact) mass is 693 g/mol. The van der Waals surface area contributed by atoms with E-state index in [2.05, 4.69) is 4.98 Å². The number of halogens is 3. The Morgan fingerprint density at radius 2 is 1.74 bits per heavy atom. The zero-order valence-corrected chi connectivity index (χ0v) is 29.4. The number of carbonyl (C=O) groups excluding carboxylic acids is 2. The molecule has 12 heteroatoms. The number of carbonyl (C=O) groups is 2. The van der Waals surface area contributed by atoms with Crippen LogP contribution in [0.25, 0.3) is 33.5 Å². The van der Waals surface area contributed by atoms with Crippen molar-refractivity contribution in [1.82, 2.24) is 24.3 Å². The predicted molar refractivity (Wildman–Crippen MR) is 190 cm³/mol. The maximum Gasteiger partial charge on any atom is 0.239 e. The Morgan fingerprint density at radius 3 is 2.46 bits per heavy atom. The van der Waals surface area contributed by atoms with Gasteiger partial charge in [0.15, 0.2) is 11.6 Å². The molecule has 0 bridgehead atoms. The number of nitrogens with zero attached hydrogens (tertiary/aromatic N) is 4. The average molecular weight is 694 g/mol. The van der Waals surface area contributed by atoms with E-state index in [1.165, 1.54) is 12.1 Å². The number of hydrogen-bond acceptors (Lipinski definition) is 6. The van der Waals surface area contributed by atoms with Crippen LogP contribution in [0.4, 0.5) is 13.2 Å². The molecule has 9 nitrogen and oxygen atoms in total. The SMILES string of the molecule is CCCC(=O)C(C(N)C(C)C)N1C[C@@H](F)C[C@H]1Cn1c(-c2[nH]c3ccccc3c2C[C@@H]2C[C@H](F)CN2C(=O)[C@@H](N)CC)nc2cc(F)ccc21. The van der Waals surface area contributed by atoms with Crippen molar-refractivity contribution in [3.63, 3.8) is 0 Å². The fraction of sp³-hybridized carbons (Fsp3) is 0.553. The molecule has 4 aromatic rings. The number of alkyl halides is 2. The first-order valence-corrected chi connectivity index (χ1v) is 18.1. The van der Waals surface area contributed by atoms with E-state index >= 15 is 4.39 Å². The summed E-state index contributed by atoms with van der Waals surface area (Å²) >= 11 is 0. The number of nitrogens with one attached hydrogen (secondary N) is 1. The second-order valence-corrected chi connectivity index (χ2v) is 14.6. The van der Waals surface area contributed by atoms with E-state index < -0.39 is 42.3 Å². The van der Waals surface area contributed by atoms with Crippen molar-refractivity contribution >= 4 is 33.6 Å². The van der Waals surface area contributed by atoms with Gasteiger partial charge in [0.1, 0.15) is 18.2 Å². The smallest absolute Gasteiger partial charge is 0.239 e. The maximum absolute atomic E-state index is 15.4. The lowest BCUT2D eigenvalue weighted by atomic mass is 9.90. The highest BCUT2D eigenvalue weighted by molar-refractivity contribution is 5.92. The van der Waals surface area contributed by atoms with Gasteiger partial charge >= 0.3 is 0 Å². The lowest BCUT2D eigenvalue weighted by Crippen LogP contribution is -2.56. The largest absolute Gasteiger partial charge is 0.352 e. The number of likely N-dealkylation sites (tertiary alicyclic amines) is 2. The summed E-state index contributed by atoms with van der Waals surface area (Å²) in [5.41, 5.74) is 16.2. The van der Waals surface area contributed by atoms with E-state index in [0.29, 0.717) is 48.2 Å². The van der Waals surface area contributed by atoms with Crippen LogP contribution in [0.5, 0.6) is 0 Å². The third-order valence-electron chi connectivity index (χ3n) is 10.7. The predicted octanol–water partition coefficient (Wildman–Crippen LogP) is 5.68. The van der Waals surface area contributed by atoms with Gasteiger partial charge in [0.25, 0.3) is 0 Å². The fourth-order valence-electron chi connectivity index (χ4n) is 8.02. The lowest BCUT2D eigenvalue weighted by molar-refractivity contribution is -0.133. The number of Topliss-reactive ketones (excluding diaryl/α,β-unsaturated/α-hetero) is 1. The molecule has 0 radical (unpaired) electrons. The Bertz CT molecular complexity index is 1840. The Morgan fingerprint density at radius 1 is 1.02 bits per heavy atom. The summed E-state index contributed by atoms with van der Waals surface area (Å²) in [5.74, 6) is -0.184. The third kappa shape index (κ3) is 6.94. The molecule has 1 amide bonds. The summed E-state index contributed by atoms with van der Waals surface area (Å²) in [4.78, 5) is 38.8. The van der Waals surface area contributed by atoms with Crippen molar-refractivity contribution in [1.29, 1.82) is 0 Å². The van der Waals surface area contributed by atoms with Crippen LogP contribution in [0.3, 0.4) is 0 Å². The van der Waals surface area contributed by atoms with Gasteiger partial charge in [0.05, 0.1) is 35.4 Å². The quantitative estimate of drug-likeness (QED) is 0.166. The first-order chi connectivity index (χ1) is 23.9. The van der Waals surface area contributed by atoms with Crippen molar-refractivity contribution in [2.75, 3.05) is 13.1 Å². The summed E-state index contributed by atoms with van der Waals surface area (Å²) in [6.07, 6.45) is -0.120. The molecule has 2 saturated heterocycles. The van der Waals surface area contributed by atoms with Crippen molar-refractivity contribution in [2.24, 2.45) is 17.4 Å². The number of nitrogens with two attached hydrogens (primary N) is 2. The number of ketones is 1. The molecule has 2 unspecified atom stereocenters. The average Bonchev–Trinajstić information content (AvgIpc) is 3.84. The van der Waals surface area contributed by atoms with Crippen LogP contribution in [-0.2, 0) is 22.6 Å². The van der Waals surface area contributed by atoms with Crippen molar-refractivity contribution < 1.29 is 22.8 Å². The highest BCUT2D eigenvalue weighted by Crippen LogP contribution is 2.37. The van der Waals surface area contributed by atoms with Gasteiger partial charge in [-0.3, -0.25) is 14.5 Å². The number of H-pyrrole nitrogens is 1. The van der Waals surface area contributed by atoms with Crippen LogP contribution in [0, 0.1) is 11.7 Å². The number of rotatable bonds is 13. The number of para-hydroxylation sites is 1. The summed E-state index contributed by atoms with van der Waals surface area (Å²) in [6, 6.07) is 9.54. The molecule has 2 fully saturated rings. The third-order valence-corrected chi connectivity index (χ3v) is 10.7. The molecule has 0 aliphatic carbocycles. The number of benzene rings is 2. The van der Waals surface area contributed by atoms with E-state index in [4.69, 9.17) is 16.5 Å². The molecule has 6 rings (SSSR count). The number of amides is 1. The molecule has 7 atom stereocenters. The highest BCUT2D eigenvalue weighted by atomic mass is 19.1. The van der Waals surface area contributed by atoms with E-state index in [-0.39, 0.29) is 56.1 Å². The fourth-order valence-corrected chi connectivity index (χ4v) is 8.02. The second kappa shape index (κ2) is 14.9. The molecule has 5 N–H and O–H groups in total. The number of imidazole rings is 1. The van der Waals surface area contributed by atoms with E-state index in [1.807, 2.05) is 61.4 Å². The van der Waals surface area contributed by atoms with E-state index in [1.54, 1.807) is 11.0 Å². The first kappa shape index (κ1) is 36.1. The summed E-state index contributed by atoms with van der Waals surface area (Å²) in [6.45, 7) is 8.09. The van der Waals surface area contributed by atoms with Gasteiger partial charge < -0.3 is 25.9 Å². The van der Waals surface area contributed by atoms with Gasteiger partial charge in [-0.2, -0.15) is 0 Å². The van der Waals surface area contributed by atoms with Gasteiger partial charge in [-0.25, -0.2) is 18.2 Å². The van der Waals surface area contributed by atoms with Crippen LogP contribution < -0.4 is 11.5 Å². The molecular formula is C38H50F3N7O2. The van der Waals surface area contributed by atoms with Crippen molar-refractivity contribution in [2.45, 2.75) is 115 Å². The Hall–Kier alpha value is -3.74. The Labute approximate surface area is 291 Å². The Balaban J connectivity index is 1.46. The van der Waals surface area contributed by atoms with Crippen LogP contribution >= 0.6 is 0 Å². The molecule has 2 aliphatic heterocycles. The molecule has 2 aromatic heterocycles. The first-order valence-electron chi connectivity index (χ1n) is 18.1. The van der Waals surface area contributed by atoms with Crippen molar-refractivity contribution in [3.8, 4) is 11.5 Å². The molecular weight excluding hydrogens is 643 g/mol. The zero-order valence-electron chi connectivity index (χ0n) is 29.4. The van der Waals surface area contributed by atoms with E-state index in [9.17, 15) is 18.4 Å². The summed E-state index contributed by atoms with van der Waals surface area (Å²) in [5, 5.41) is 0.904. The number of hydrogen-bond donors (Lipinski definition) is 3. The molecule has 2 aromatic carbocycles. The van der Waals surface area contributed by atoms with Crippen LogP contribution in [0.1, 0.15) is 65.4 Å². The molecule has 50 heavy (non-hydrogen) atoms. The topological polar surface area (TPSA) is 126 Å².